The van der Waals surface area contributed by atoms with Crippen molar-refractivity contribution in [1.82, 2.24) is 25.3 Å². The van der Waals surface area contributed by atoms with Gasteiger partial charge in [-0.2, -0.15) is 0 Å². The molecule has 0 spiro atoms. The van der Waals surface area contributed by atoms with Crippen molar-refractivity contribution in [2.45, 2.75) is 12.5 Å². The minimum Gasteiger partial charge on any atom is -0.352 e. The Hall–Kier alpha value is -3.03. The van der Waals surface area contributed by atoms with E-state index in [-0.39, 0.29) is 17.8 Å². The molecule has 1 atom stereocenters. The number of aromatic nitrogens is 4. The molecule has 4 rings (SSSR count). The zero-order valence-corrected chi connectivity index (χ0v) is 12.7. The number of carbonyl (C=O) groups excluding carboxylic acids is 1. The minimum absolute atomic E-state index is 0.0735. The van der Waals surface area contributed by atoms with E-state index in [4.69, 9.17) is 0 Å². The first-order valence-electron chi connectivity index (χ1n) is 7.67. The van der Waals surface area contributed by atoms with Gasteiger partial charge in [-0.05, 0) is 30.7 Å². The lowest BCUT2D eigenvalue weighted by molar-refractivity contribution is 0.0935. The molecule has 0 aromatic carbocycles. The Morgan fingerprint density at radius 1 is 1.33 bits per heavy atom. The third kappa shape index (κ3) is 2.66. The van der Waals surface area contributed by atoms with Crippen LogP contribution in [0.3, 0.4) is 0 Å². The van der Waals surface area contributed by atoms with Gasteiger partial charge in [0.05, 0.1) is 11.8 Å². The van der Waals surface area contributed by atoms with Crippen LogP contribution < -0.4 is 10.2 Å². The fraction of sp³-hybridized carbons (Fsp3) is 0.250. The number of hydrogen-bond donors (Lipinski definition) is 2. The van der Waals surface area contributed by atoms with Crippen molar-refractivity contribution in [1.29, 1.82) is 0 Å². The van der Waals surface area contributed by atoms with Gasteiger partial charge >= 0.3 is 0 Å². The van der Waals surface area contributed by atoms with E-state index < -0.39 is 0 Å². The third-order valence-electron chi connectivity index (χ3n) is 4.08. The zero-order chi connectivity index (χ0) is 16.5. The molecule has 1 amide bonds. The lowest BCUT2D eigenvalue weighted by Crippen LogP contribution is -2.37. The van der Waals surface area contributed by atoms with Gasteiger partial charge in [-0.25, -0.2) is 19.3 Å². The lowest BCUT2D eigenvalue weighted by Gasteiger charge is -2.18. The molecule has 0 aliphatic carbocycles. The fourth-order valence-electron chi connectivity index (χ4n) is 2.89. The molecule has 3 aromatic heterocycles. The highest BCUT2D eigenvalue weighted by Gasteiger charge is 2.27. The van der Waals surface area contributed by atoms with Gasteiger partial charge in [0, 0.05) is 25.3 Å². The van der Waals surface area contributed by atoms with Crippen LogP contribution in [0.2, 0.25) is 0 Å². The maximum Gasteiger partial charge on any atom is 0.270 e. The van der Waals surface area contributed by atoms with Crippen LogP contribution in [0.1, 0.15) is 16.9 Å². The van der Waals surface area contributed by atoms with Crippen molar-refractivity contribution in [2.24, 2.45) is 0 Å². The highest BCUT2D eigenvalue weighted by molar-refractivity contribution is 5.94. The Balaban J connectivity index is 1.44. The number of aromatic amines is 1. The average molecular weight is 326 g/mol. The maximum atomic E-state index is 13.8. The van der Waals surface area contributed by atoms with Crippen LogP contribution in [0.15, 0.2) is 36.8 Å². The molecule has 122 valence electrons. The molecule has 1 saturated heterocycles. The van der Waals surface area contributed by atoms with E-state index >= 15 is 0 Å². The number of hydrogen-bond acceptors (Lipinski definition) is 5. The number of pyridine rings is 2. The summed E-state index contributed by atoms with van der Waals surface area (Å²) >= 11 is 0. The van der Waals surface area contributed by atoms with E-state index in [1.54, 1.807) is 24.4 Å². The first-order chi connectivity index (χ1) is 11.7. The van der Waals surface area contributed by atoms with Crippen molar-refractivity contribution < 1.29 is 9.18 Å². The number of H-pyrrole nitrogens is 1. The molecule has 0 bridgehead atoms. The van der Waals surface area contributed by atoms with Gasteiger partial charge in [-0.15, -0.1) is 0 Å². The molecule has 7 nitrogen and oxygen atoms in total. The van der Waals surface area contributed by atoms with Gasteiger partial charge < -0.3 is 15.2 Å². The molecule has 2 N–H and O–H groups in total. The number of nitrogens with one attached hydrogen (secondary N) is 2. The number of amides is 1. The summed E-state index contributed by atoms with van der Waals surface area (Å²) in [6, 6.07) is 6.30. The van der Waals surface area contributed by atoms with Crippen molar-refractivity contribution in [3.05, 3.63) is 48.3 Å². The average Bonchev–Trinajstić information content (AvgIpc) is 3.23. The van der Waals surface area contributed by atoms with Gasteiger partial charge in [0.15, 0.2) is 17.3 Å². The Kier molecular flexibility index (Phi) is 3.56. The lowest BCUT2D eigenvalue weighted by atomic mass is 10.2. The third-order valence-corrected chi connectivity index (χ3v) is 4.08. The van der Waals surface area contributed by atoms with Crippen molar-refractivity contribution in [3.63, 3.8) is 0 Å². The molecular weight excluding hydrogens is 311 g/mol. The summed E-state index contributed by atoms with van der Waals surface area (Å²) in [4.78, 5) is 29.5. The molecule has 1 aliphatic rings. The van der Waals surface area contributed by atoms with Gasteiger partial charge in [0.25, 0.3) is 5.91 Å². The normalized spacial score (nSPS) is 17.4. The molecule has 0 radical (unpaired) electrons. The standard InChI is InChI=1S/C16H15FN6O/c17-11-2-1-6-18-15(11)23-7-5-10(8-23)21-16(24)13-4-3-12-14(22-13)20-9-19-12/h1-4,6,9-10H,5,7-8H2,(H,21,24)(H,19,20,22). The van der Waals surface area contributed by atoms with Gasteiger partial charge in [-0.3, -0.25) is 4.79 Å². The van der Waals surface area contributed by atoms with Crippen LogP contribution in [0.4, 0.5) is 10.2 Å². The smallest absolute Gasteiger partial charge is 0.270 e. The summed E-state index contributed by atoms with van der Waals surface area (Å²) in [5, 5.41) is 2.94. The number of anilines is 1. The molecule has 8 heteroatoms. The van der Waals surface area contributed by atoms with Crippen LogP contribution in [-0.2, 0) is 0 Å². The zero-order valence-electron chi connectivity index (χ0n) is 12.7. The number of imidazole rings is 1. The summed E-state index contributed by atoms with van der Waals surface area (Å²) < 4.78 is 13.8. The molecular formula is C16H15FN6O. The molecule has 3 aromatic rings. The number of halogens is 1. The van der Waals surface area contributed by atoms with E-state index in [0.717, 1.165) is 11.9 Å². The quantitative estimate of drug-likeness (QED) is 0.762. The monoisotopic (exact) mass is 326 g/mol. The summed E-state index contributed by atoms with van der Waals surface area (Å²) in [6.07, 6.45) is 3.83. The Morgan fingerprint density at radius 3 is 3.12 bits per heavy atom. The summed E-state index contributed by atoms with van der Waals surface area (Å²) in [5.41, 5.74) is 1.60. The maximum absolute atomic E-state index is 13.8. The summed E-state index contributed by atoms with van der Waals surface area (Å²) in [5.74, 6) is -0.284. The topological polar surface area (TPSA) is 86.8 Å². The minimum atomic E-state index is -0.352. The molecule has 0 saturated carbocycles. The Morgan fingerprint density at radius 2 is 2.25 bits per heavy atom. The number of rotatable bonds is 3. The second-order valence-electron chi connectivity index (χ2n) is 5.68. The van der Waals surface area contributed by atoms with Crippen molar-refractivity contribution in [2.75, 3.05) is 18.0 Å². The van der Waals surface area contributed by atoms with Crippen LogP contribution in [0, 0.1) is 5.82 Å². The SMILES string of the molecule is O=C(NC1CCN(c2ncccc2F)C1)c1ccc2[nH]cnc2n1. The largest absolute Gasteiger partial charge is 0.352 e. The second-order valence-corrected chi connectivity index (χ2v) is 5.68. The van der Waals surface area contributed by atoms with E-state index in [1.807, 2.05) is 4.90 Å². The van der Waals surface area contributed by atoms with E-state index in [1.165, 1.54) is 12.4 Å². The first kappa shape index (κ1) is 14.6. The molecule has 1 unspecified atom stereocenters. The van der Waals surface area contributed by atoms with E-state index in [9.17, 15) is 9.18 Å². The summed E-state index contributed by atoms with van der Waals surface area (Å²) in [7, 11) is 0. The predicted octanol–water partition coefficient (Wildman–Crippen LogP) is 1.50. The molecule has 24 heavy (non-hydrogen) atoms. The van der Waals surface area contributed by atoms with Crippen LogP contribution in [0.5, 0.6) is 0 Å². The number of carbonyl (C=O) groups is 1. The molecule has 1 aliphatic heterocycles. The number of nitrogens with zero attached hydrogens (tertiary/aromatic N) is 4. The molecule has 4 heterocycles. The van der Waals surface area contributed by atoms with Crippen LogP contribution in [0.25, 0.3) is 11.2 Å². The predicted molar refractivity (Wildman–Crippen MR) is 86.2 cm³/mol. The van der Waals surface area contributed by atoms with Crippen molar-refractivity contribution >= 4 is 22.9 Å². The van der Waals surface area contributed by atoms with E-state index in [2.05, 4.69) is 25.3 Å². The van der Waals surface area contributed by atoms with Crippen molar-refractivity contribution in [3.8, 4) is 0 Å². The van der Waals surface area contributed by atoms with Crippen LogP contribution >= 0.6 is 0 Å². The Labute approximate surface area is 136 Å². The number of fused-ring (bicyclic) bond motifs is 1. The van der Waals surface area contributed by atoms with Gasteiger partial charge in [0.2, 0.25) is 0 Å². The first-order valence-corrected chi connectivity index (χ1v) is 7.67. The molecule has 1 fully saturated rings. The second kappa shape index (κ2) is 5.88. The van der Waals surface area contributed by atoms with Gasteiger partial charge in [0.1, 0.15) is 5.69 Å². The van der Waals surface area contributed by atoms with E-state index in [0.29, 0.717) is 30.2 Å². The van der Waals surface area contributed by atoms with Gasteiger partial charge in [-0.1, -0.05) is 0 Å². The van der Waals surface area contributed by atoms with Crippen LogP contribution in [-0.4, -0.2) is 45.0 Å². The highest BCUT2D eigenvalue weighted by atomic mass is 19.1. The summed E-state index contributed by atoms with van der Waals surface area (Å²) in [6.45, 7) is 1.16. The fourth-order valence-corrected chi connectivity index (χ4v) is 2.89. The Bertz CT molecular complexity index is 895. The highest BCUT2D eigenvalue weighted by Crippen LogP contribution is 2.21.